The highest BCUT2D eigenvalue weighted by atomic mass is 79.9. The van der Waals surface area contributed by atoms with Crippen molar-refractivity contribution in [3.05, 3.63) is 69.2 Å². The van der Waals surface area contributed by atoms with Crippen LogP contribution in [0.5, 0.6) is 0 Å². The molecule has 0 amide bonds. The van der Waals surface area contributed by atoms with Gasteiger partial charge in [-0.25, -0.2) is 0 Å². The Bertz CT molecular complexity index is 545. The number of benzene rings is 2. The summed E-state index contributed by atoms with van der Waals surface area (Å²) in [6.07, 6.45) is 3.06. The monoisotopic (exact) mass is 352 g/mol. The van der Waals surface area contributed by atoms with Crippen molar-refractivity contribution in [1.82, 2.24) is 5.43 Å². The van der Waals surface area contributed by atoms with Crippen molar-refractivity contribution >= 4 is 27.5 Å². The predicted octanol–water partition coefficient (Wildman–Crippen LogP) is 4.63. The molecule has 0 heterocycles. The second-order valence-electron chi connectivity index (χ2n) is 4.76. The third-order valence-electron chi connectivity index (χ3n) is 3.34. The average molecular weight is 354 g/mol. The van der Waals surface area contributed by atoms with Gasteiger partial charge in [0.05, 0.1) is 0 Å². The van der Waals surface area contributed by atoms with E-state index >= 15 is 0 Å². The van der Waals surface area contributed by atoms with E-state index in [-0.39, 0.29) is 6.04 Å². The minimum absolute atomic E-state index is 0.0827. The molecule has 2 aromatic rings. The summed E-state index contributed by atoms with van der Waals surface area (Å²) < 4.78 is 0.978. The number of rotatable bonds is 6. The van der Waals surface area contributed by atoms with Gasteiger partial charge < -0.3 is 0 Å². The maximum absolute atomic E-state index is 6.27. The van der Waals surface area contributed by atoms with Gasteiger partial charge in [0, 0.05) is 15.5 Å². The summed E-state index contributed by atoms with van der Waals surface area (Å²) in [7, 11) is 0. The second kappa shape index (κ2) is 7.79. The summed E-state index contributed by atoms with van der Waals surface area (Å²) in [6.45, 7) is 0. The lowest BCUT2D eigenvalue weighted by atomic mass is 9.99. The fraction of sp³-hybridized carbons (Fsp3) is 0.250. The molecule has 20 heavy (non-hydrogen) atoms. The molecule has 0 saturated carbocycles. The smallest absolute Gasteiger partial charge is 0.0474 e. The van der Waals surface area contributed by atoms with Gasteiger partial charge in [-0.1, -0.05) is 63.9 Å². The van der Waals surface area contributed by atoms with E-state index in [1.807, 2.05) is 24.3 Å². The van der Waals surface area contributed by atoms with E-state index in [4.69, 9.17) is 17.4 Å². The van der Waals surface area contributed by atoms with E-state index in [9.17, 15) is 0 Å². The van der Waals surface area contributed by atoms with Gasteiger partial charge in [0.15, 0.2) is 0 Å². The van der Waals surface area contributed by atoms with Crippen LogP contribution in [0.3, 0.4) is 0 Å². The maximum Gasteiger partial charge on any atom is 0.0474 e. The van der Waals surface area contributed by atoms with Crippen LogP contribution in [0.1, 0.15) is 30.0 Å². The molecule has 0 saturated heterocycles. The molecule has 0 spiro atoms. The Labute approximate surface area is 133 Å². The third-order valence-corrected chi connectivity index (χ3v) is 4.16. The van der Waals surface area contributed by atoms with Crippen LogP contribution in [0.4, 0.5) is 0 Å². The second-order valence-corrected chi connectivity index (χ2v) is 6.09. The Morgan fingerprint density at radius 2 is 1.90 bits per heavy atom. The molecule has 106 valence electrons. The van der Waals surface area contributed by atoms with Crippen molar-refractivity contribution in [2.45, 2.75) is 25.3 Å². The Balaban J connectivity index is 1.95. The van der Waals surface area contributed by atoms with E-state index in [0.717, 1.165) is 34.3 Å². The lowest BCUT2D eigenvalue weighted by molar-refractivity contribution is 0.498. The number of aryl methyl sites for hydroxylation is 1. The SMILES string of the molecule is NNC(CCCc1ccccc1)c1ccc(Br)cc1Cl. The van der Waals surface area contributed by atoms with Gasteiger partial charge in [-0.3, -0.25) is 11.3 Å². The van der Waals surface area contributed by atoms with Gasteiger partial charge in [0.1, 0.15) is 0 Å². The number of nitrogens with two attached hydrogens (primary N) is 1. The largest absolute Gasteiger partial charge is 0.271 e. The van der Waals surface area contributed by atoms with E-state index < -0.39 is 0 Å². The highest BCUT2D eigenvalue weighted by Gasteiger charge is 2.13. The summed E-state index contributed by atoms with van der Waals surface area (Å²) in [4.78, 5) is 0. The summed E-state index contributed by atoms with van der Waals surface area (Å²) in [5, 5.41) is 0.738. The van der Waals surface area contributed by atoms with Gasteiger partial charge in [-0.2, -0.15) is 0 Å². The summed E-state index contributed by atoms with van der Waals surface area (Å²) in [6, 6.07) is 16.5. The molecule has 0 aliphatic rings. The molecule has 1 atom stereocenters. The quantitative estimate of drug-likeness (QED) is 0.587. The third kappa shape index (κ3) is 4.32. The first-order valence-electron chi connectivity index (χ1n) is 6.65. The molecule has 2 aromatic carbocycles. The van der Waals surface area contributed by atoms with Crippen molar-refractivity contribution < 1.29 is 0 Å². The topological polar surface area (TPSA) is 38.0 Å². The van der Waals surface area contributed by atoms with Crippen LogP contribution >= 0.6 is 27.5 Å². The van der Waals surface area contributed by atoms with E-state index in [1.54, 1.807) is 0 Å². The Kier molecular flexibility index (Phi) is 6.05. The molecule has 0 fully saturated rings. The molecular weight excluding hydrogens is 336 g/mol. The molecule has 0 aliphatic heterocycles. The lowest BCUT2D eigenvalue weighted by Gasteiger charge is -2.18. The Hall–Kier alpha value is -0.870. The molecule has 0 radical (unpaired) electrons. The predicted molar refractivity (Wildman–Crippen MR) is 88.6 cm³/mol. The van der Waals surface area contributed by atoms with E-state index in [0.29, 0.717) is 0 Å². The van der Waals surface area contributed by atoms with Gasteiger partial charge >= 0.3 is 0 Å². The normalized spacial score (nSPS) is 12.3. The van der Waals surface area contributed by atoms with Crippen LogP contribution in [0.2, 0.25) is 5.02 Å². The molecule has 3 N–H and O–H groups in total. The molecule has 4 heteroatoms. The van der Waals surface area contributed by atoms with Crippen LogP contribution in [0.25, 0.3) is 0 Å². The fourth-order valence-electron chi connectivity index (χ4n) is 2.27. The Morgan fingerprint density at radius 3 is 2.55 bits per heavy atom. The van der Waals surface area contributed by atoms with Crippen LogP contribution in [-0.2, 0) is 6.42 Å². The van der Waals surface area contributed by atoms with Crippen LogP contribution in [0.15, 0.2) is 53.0 Å². The van der Waals surface area contributed by atoms with Crippen LogP contribution in [-0.4, -0.2) is 0 Å². The number of hydrazine groups is 1. The van der Waals surface area contributed by atoms with Crippen molar-refractivity contribution in [3.8, 4) is 0 Å². The fourth-order valence-corrected chi connectivity index (χ4v) is 3.07. The van der Waals surface area contributed by atoms with Crippen molar-refractivity contribution in [2.24, 2.45) is 5.84 Å². The first-order chi connectivity index (χ1) is 9.70. The van der Waals surface area contributed by atoms with Gasteiger partial charge in [0.25, 0.3) is 0 Å². The highest BCUT2D eigenvalue weighted by Crippen LogP contribution is 2.28. The van der Waals surface area contributed by atoms with Gasteiger partial charge in [-0.05, 0) is 42.5 Å². The standard InChI is InChI=1S/C16H18BrClN2/c17-13-9-10-14(15(18)11-13)16(20-19)8-4-7-12-5-2-1-3-6-12/h1-3,5-6,9-11,16,20H,4,7-8,19H2. The van der Waals surface area contributed by atoms with Gasteiger partial charge in [0.2, 0.25) is 0 Å². The average Bonchev–Trinajstić information content (AvgIpc) is 2.46. The molecule has 0 aliphatic carbocycles. The summed E-state index contributed by atoms with van der Waals surface area (Å²) in [5.41, 5.74) is 5.26. The lowest BCUT2D eigenvalue weighted by Crippen LogP contribution is -2.28. The number of hydrogen-bond acceptors (Lipinski definition) is 2. The van der Waals surface area contributed by atoms with Crippen molar-refractivity contribution in [2.75, 3.05) is 0 Å². The Morgan fingerprint density at radius 1 is 1.15 bits per heavy atom. The number of hydrogen-bond donors (Lipinski definition) is 2. The number of halogens is 2. The molecule has 0 aromatic heterocycles. The molecular formula is C16H18BrClN2. The zero-order chi connectivity index (χ0) is 14.4. The molecule has 2 rings (SSSR count). The molecule has 1 unspecified atom stereocenters. The van der Waals surface area contributed by atoms with Crippen LogP contribution in [0, 0.1) is 0 Å². The first-order valence-corrected chi connectivity index (χ1v) is 7.83. The highest BCUT2D eigenvalue weighted by molar-refractivity contribution is 9.10. The molecule has 2 nitrogen and oxygen atoms in total. The maximum atomic E-state index is 6.27. The summed E-state index contributed by atoms with van der Waals surface area (Å²) in [5.74, 6) is 5.67. The van der Waals surface area contributed by atoms with E-state index in [2.05, 4.69) is 45.6 Å². The minimum atomic E-state index is 0.0827. The number of nitrogens with one attached hydrogen (secondary N) is 1. The first kappa shape index (κ1) is 15.5. The minimum Gasteiger partial charge on any atom is -0.271 e. The zero-order valence-corrected chi connectivity index (χ0v) is 13.5. The summed E-state index contributed by atoms with van der Waals surface area (Å²) >= 11 is 9.69. The van der Waals surface area contributed by atoms with E-state index in [1.165, 1.54) is 5.56 Å². The van der Waals surface area contributed by atoms with Crippen LogP contribution < -0.4 is 11.3 Å². The van der Waals surface area contributed by atoms with Crippen molar-refractivity contribution in [3.63, 3.8) is 0 Å². The van der Waals surface area contributed by atoms with Gasteiger partial charge in [-0.15, -0.1) is 0 Å². The molecule has 0 bridgehead atoms. The zero-order valence-electron chi connectivity index (χ0n) is 11.2. The van der Waals surface area contributed by atoms with Crippen molar-refractivity contribution in [1.29, 1.82) is 0 Å².